The van der Waals surface area contributed by atoms with Gasteiger partial charge in [0.2, 0.25) is 0 Å². The lowest BCUT2D eigenvalue weighted by atomic mass is 9.95. The molecule has 0 saturated carbocycles. The van der Waals surface area contributed by atoms with Crippen LogP contribution in [0.3, 0.4) is 0 Å². The van der Waals surface area contributed by atoms with Gasteiger partial charge in [0.1, 0.15) is 5.54 Å². The molecule has 0 amide bonds. The van der Waals surface area contributed by atoms with Gasteiger partial charge in [0.05, 0.1) is 6.07 Å². The van der Waals surface area contributed by atoms with Crippen LogP contribution in [0.1, 0.15) is 19.8 Å². The molecule has 2 heterocycles. The maximum Gasteiger partial charge on any atom is 0.123 e. The van der Waals surface area contributed by atoms with E-state index in [1.165, 1.54) is 0 Å². The molecule has 0 aliphatic carbocycles. The highest BCUT2D eigenvalue weighted by molar-refractivity contribution is 5.15. The molecule has 90 valence electrons. The highest BCUT2D eigenvalue weighted by Crippen LogP contribution is 2.31. The lowest BCUT2D eigenvalue weighted by molar-refractivity contribution is 0.152. The second-order valence-corrected chi connectivity index (χ2v) is 5.20. The fraction of sp³-hybridized carbons (Fsp3) is 0.917. The number of likely N-dealkylation sites (tertiary alicyclic amines) is 1. The molecule has 2 atom stereocenters. The van der Waals surface area contributed by atoms with Crippen molar-refractivity contribution in [3.05, 3.63) is 0 Å². The van der Waals surface area contributed by atoms with Crippen molar-refractivity contribution in [2.75, 3.05) is 39.8 Å². The van der Waals surface area contributed by atoms with Crippen molar-refractivity contribution in [2.24, 2.45) is 0 Å². The van der Waals surface area contributed by atoms with Gasteiger partial charge in [-0.1, -0.05) is 0 Å². The zero-order valence-electron chi connectivity index (χ0n) is 10.4. The van der Waals surface area contributed by atoms with Gasteiger partial charge in [-0.25, -0.2) is 0 Å². The van der Waals surface area contributed by atoms with E-state index in [2.05, 4.69) is 35.2 Å². The first kappa shape index (κ1) is 11.8. The van der Waals surface area contributed by atoms with Crippen LogP contribution >= 0.6 is 0 Å². The molecule has 16 heavy (non-hydrogen) atoms. The van der Waals surface area contributed by atoms with Crippen molar-refractivity contribution in [1.82, 2.24) is 15.1 Å². The zero-order chi connectivity index (χ0) is 11.6. The summed E-state index contributed by atoms with van der Waals surface area (Å²) in [5.41, 5.74) is -0.236. The minimum absolute atomic E-state index is 0.236. The molecule has 0 radical (unpaired) electrons. The number of rotatable bonds is 1. The lowest BCUT2D eigenvalue weighted by Gasteiger charge is -2.34. The molecule has 2 unspecified atom stereocenters. The highest BCUT2D eigenvalue weighted by atomic mass is 15.3. The lowest BCUT2D eigenvalue weighted by Crippen LogP contribution is -2.50. The summed E-state index contributed by atoms with van der Waals surface area (Å²) in [6.45, 7) is 7.28. The van der Waals surface area contributed by atoms with Crippen LogP contribution in [0.4, 0.5) is 0 Å². The first-order valence-corrected chi connectivity index (χ1v) is 6.25. The van der Waals surface area contributed by atoms with Crippen LogP contribution in [0.5, 0.6) is 0 Å². The van der Waals surface area contributed by atoms with E-state index in [1.807, 2.05) is 0 Å². The van der Waals surface area contributed by atoms with Gasteiger partial charge in [0.25, 0.3) is 0 Å². The van der Waals surface area contributed by atoms with Gasteiger partial charge in [-0.3, -0.25) is 4.90 Å². The van der Waals surface area contributed by atoms with E-state index in [1.54, 1.807) is 0 Å². The second kappa shape index (κ2) is 4.70. The fourth-order valence-electron chi connectivity index (χ4n) is 2.93. The van der Waals surface area contributed by atoms with Crippen LogP contribution in [0.2, 0.25) is 0 Å². The van der Waals surface area contributed by atoms with E-state index in [0.29, 0.717) is 6.04 Å². The van der Waals surface area contributed by atoms with Crippen molar-refractivity contribution in [3.63, 3.8) is 0 Å². The van der Waals surface area contributed by atoms with Gasteiger partial charge in [-0.15, -0.1) is 0 Å². The molecule has 0 aromatic heterocycles. The molecule has 0 bridgehead atoms. The van der Waals surface area contributed by atoms with Crippen LogP contribution in [0, 0.1) is 11.3 Å². The average Bonchev–Trinajstić information content (AvgIpc) is 2.51. The molecule has 4 heteroatoms. The summed E-state index contributed by atoms with van der Waals surface area (Å²) in [6, 6.07) is 3.12. The van der Waals surface area contributed by atoms with E-state index >= 15 is 0 Å². The quantitative estimate of drug-likeness (QED) is 0.691. The molecule has 2 rings (SSSR count). The van der Waals surface area contributed by atoms with E-state index in [0.717, 1.165) is 45.6 Å². The molecule has 0 aromatic rings. The monoisotopic (exact) mass is 222 g/mol. The van der Waals surface area contributed by atoms with E-state index in [4.69, 9.17) is 0 Å². The molecular formula is C12H22N4. The molecule has 2 aliphatic heterocycles. The van der Waals surface area contributed by atoms with Crippen LogP contribution in [-0.4, -0.2) is 61.2 Å². The van der Waals surface area contributed by atoms with Gasteiger partial charge >= 0.3 is 0 Å². The number of hydrogen-bond acceptors (Lipinski definition) is 4. The highest BCUT2D eigenvalue weighted by Gasteiger charge is 2.45. The Morgan fingerprint density at radius 2 is 2.19 bits per heavy atom. The Balaban J connectivity index is 2.12. The Labute approximate surface area is 98.2 Å². The van der Waals surface area contributed by atoms with Crippen LogP contribution in [0.15, 0.2) is 0 Å². The molecular weight excluding hydrogens is 200 g/mol. The largest absolute Gasteiger partial charge is 0.315 e. The maximum absolute atomic E-state index is 9.56. The topological polar surface area (TPSA) is 42.3 Å². The van der Waals surface area contributed by atoms with Crippen molar-refractivity contribution < 1.29 is 0 Å². The van der Waals surface area contributed by atoms with Gasteiger partial charge < -0.3 is 10.2 Å². The average molecular weight is 222 g/mol. The Morgan fingerprint density at radius 1 is 1.38 bits per heavy atom. The Bertz CT molecular complexity index is 265. The zero-order valence-corrected chi connectivity index (χ0v) is 10.4. The van der Waals surface area contributed by atoms with Gasteiger partial charge in [-0.2, -0.15) is 5.26 Å². The molecule has 2 fully saturated rings. The van der Waals surface area contributed by atoms with E-state index in [-0.39, 0.29) is 5.54 Å². The summed E-state index contributed by atoms with van der Waals surface area (Å²) in [7, 11) is 2.12. The summed E-state index contributed by atoms with van der Waals surface area (Å²) >= 11 is 0. The SMILES string of the molecule is CC1CC(C#N)(N2CCCNCC2)CN1C. The molecule has 4 nitrogen and oxygen atoms in total. The van der Waals surface area contributed by atoms with Crippen molar-refractivity contribution in [3.8, 4) is 6.07 Å². The minimum atomic E-state index is -0.236. The predicted octanol–water partition coefficient (Wildman–Crippen LogP) is 0.268. The van der Waals surface area contributed by atoms with Crippen molar-refractivity contribution >= 4 is 0 Å². The second-order valence-electron chi connectivity index (χ2n) is 5.20. The summed E-state index contributed by atoms with van der Waals surface area (Å²) in [5.74, 6) is 0. The van der Waals surface area contributed by atoms with Crippen molar-refractivity contribution in [1.29, 1.82) is 5.26 Å². The summed E-state index contributed by atoms with van der Waals surface area (Å²) in [4.78, 5) is 4.70. The normalized spacial score (nSPS) is 38.2. The third-order valence-corrected chi connectivity index (χ3v) is 4.05. The first-order valence-electron chi connectivity index (χ1n) is 6.25. The van der Waals surface area contributed by atoms with Crippen LogP contribution in [-0.2, 0) is 0 Å². The standard InChI is InChI=1S/C12H22N4/c1-11-8-12(9-13,10-15(11)2)16-6-3-4-14-5-7-16/h11,14H,3-8,10H2,1-2H3. The number of nitrogens with zero attached hydrogens (tertiary/aromatic N) is 3. The summed E-state index contributed by atoms with van der Waals surface area (Å²) in [6.07, 6.45) is 2.14. The summed E-state index contributed by atoms with van der Waals surface area (Å²) in [5, 5.41) is 13.0. The minimum Gasteiger partial charge on any atom is -0.315 e. The van der Waals surface area contributed by atoms with Crippen LogP contribution in [0.25, 0.3) is 0 Å². The predicted molar refractivity (Wildman–Crippen MR) is 64.1 cm³/mol. The Morgan fingerprint density at radius 3 is 2.81 bits per heavy atom. The summed E-state index contributed by atoms with van der Waals surface area (Å²) < 4.78 is 0. The van der Waals surface area contributed by atoms with Crippen molar-refractivity contribution in [2.45, 2.75) is 31.3 Å². The molecule has 0 aromatic carbocycles. The first-order chi connectivity index (χ1) is 7.68. The number of nitrogens with one attached hydrogen (secondary N) is 1. The molecule has 0 spiro atoms. The van der Waals surface area contributed by atoms with Crippen LogP contribution < -0.4 is 5.32 Å². The smallest absolute Gasteiger partial charge is 0.123 e. The van der Waals surface area contributed by atoms with E-state index in [9.17, 15) is 5.26 Å². The van der Waals surface area contributed by atoms with Gasteiger partial charge in [-0.05, 0) is 33.4 Å². The number of nitriles is 1. The third-order valence-electron chi connectivity index (χ3n) is 4.05. The number of hydrogen-bond donors (Lipinski definition) is 1. The molecule has 1 N–H and O–H groups in total. The van der Waals surface area contributed by atoms with Gasteiger partial charge in [0, 0.05) is 32.2 Å². The molecule has 2 saturated heterocycles. The maximum atomic E-state index is 9.56. The number of likely N-dealkylation sites (N-methyl/N-ethyl adjacent to an activating group) is 1. The van der Waals surface area contributed by atoms with E-state index < -0.39 is 0 Å². The fourth-order valence-corrected chi connectivity index (χ4v) is 2.93. The Kier molecular flexibility index (Phi) is 3.48. The molecule has 2 aliphatic rings. The van der Waals surface area contributed by atoms with Gasteiger partial charge in [0.15, 0.2) is 0 Å². The Hall–Kier alpha value is -0.630. The third kappa shape index (κ3) is 2.08.